The third-order valence-electron chi connectivity index (χ3n) is 8.76. The molecule has 2 atom stereocenters. The largest absolute Gasteiger partial charge is 0.508 e. The molecule has 1 aliphatic carbocycles. The van der Waals surface area contributed by atoms with Crippen LogP contribution in [0.5, 0.6) is 5.75 Å². The first-order chi connectivity index (χ1) is 17.7. The molecule has 3 aromatic rings. The molecule has 0 bridgehead atoms. The van der Waals surface area contributed by atoms with Gasteiger partial charge in [0.2, 0.25) is 0 Å². The Morgan fingerprint density at radius 2 is 1.64 bits per heavy atom. The summed E-state index contributed by atoms with van der Waals surface area (Å²) in [5.41, 5.74) is 5.82. The van der Waals surface area contributed by atoms with Crippen LogP contribution in [0.3, 0.4) is 0 Å². The van der Waals surface area contributed by atoms with Crippen LogP contribution in [-0.2, 0) is 6.42 Å². The van der Waals surface area contributed by atoms with Gasteiger partial charge in [0.25, 0.3) is 0 Å². The second-order valence-corrected chi connectivity index (χ2v) is 10.6. The van der Waals surface area contributed by atoms with E-state index < -0.39 is 0 Å². The number of hydrogen-bond donors (Lipinski definition) is 2. The summed E-state index contributed by atoms with van der Waals surface area (Å²) in [6.07, 6.45) is 9.41. The van der Waals surface area contributed by atoms with Crippen LogP contribution in [0, 0.1) is 5.41 Å². The molecule has 2 N–H and O–H groups in total. The van der Waals surface area contributed by atoms with E-state index in [0.29, 0.717) is 17.1 Å². The number of pyridine rings is 1. The maximum Gasteiger partial charge on any atom is 0.128 e. The Morgan fingerprint density at radius 1 is 0.889 bits per heavy atom. The summed E-state index contributed by atoms with van der Waals surface area (Å²) < 4.78 is 0. The van der Waals surface area contributed by atoms with Gasteiger partial charge in [0.05, 0.1) is 0 Å². The second-order valence-electron chi connectivity index (χ2n) is 10.6. The molecule has 2 fully saturated rings. The fourth-order valence-electron chi connectivity index (χ4n) is 6.71. The van der Waals surface area contributed by atoms with Gasteiger partial charge in [-0.15, -0.1) is 0 Å². The third-order valence-corrected chi connectivity index (χ3v) is 8.76. The topological polar surface area (TPSA) is 48.4 Å². The molecular formula is C32H41N3O. The lowest BCUT2D eigenvalue weighted by molar-refractivity contribution is 0.154. The highest BCUT2D eigenvalue weighted by Gasteiger charge is 2.36. The molecule has 36 heavy (non-hydrogen) atoms. The summed E-state index contributed by atoms with van der Waals surface area (Å²) in [6, 6.07) is 21.4. The summed E-state index contributed by atoms with van der Waals surface area (Å²) in [6.45, 7) is 8.58. The van der Waals surface area contributed by atoms with Crippen molar-refractivity contribution < 1.29 is 5.11 Å². The minimum atomic E-state index is 0.257. The van der Waals surface area contributed by atoms with Gasteiger partial charge in [0.1, 0.15) is 11.6 Å². The summed E-state index contributed by atoms with van der Waals surface area (Å²) in [4.78, 5) is 7.48. The highest BCUT2D eigenvalue weighted by atomic mass is 16.3. The number of aryl methyl sites for hydroxylation is 1. The zero-order valence-corrected chi connectivity index (χ0v) is 21.9. The lowest BCUT2D eigenvalue weighted by Gasteiger charge is -2.44. The average molecular weight is 484 g/mol. The van der Waals surface area contributed by atoms with Gasteiger partial charge >= 0.3 is 0 Å². The van der Waals surface area contributed by atoms with Crippen molar-refractivity contribution in [2.75, 3.05) is 31.1 Å². The lowest BCUT2D eigenvalue weighted by atomic mass is 9.69. The van der Waals surface area contributed by atoms with E-state index in [0.717, 1.165) is 31.7 Å². The van der Waals surface area contributed by atoms with E-state index in [1.807, 2.05) is 26.0 Å². The van der Waals surface area contributed by atoms with Crippen molar-refractivity contribution in [2.45, 2.75) is 64.2 Å². The molecule has 2 unspecified atom stereocenters. The number of nitrogens with zero attached hydrogens (tertiary/aromatic N) is 2. The van der Waals surface area contributed by atoms with Gasteiger partial charge in [-0.3, -0.25) is 0 Å². The molecule has 4 nitrogen and oxygen atoms in total. The minimum absolute atomic E-state index is 0.257. The average Bonchev–Trinajstić information content (AvgIpc) is 2.95. The number of hydrogen-bond acceptors (Lipinski definition) is 4. The smallest absolute Gasteiger partial charge is 0.128 e. The SMILES string of the molecule is CC.Oc1ccc2c(c1)CCC(c1ccccc1)C2c1ccc(N2CCC3(CCNCC3)CC2)nc1. The molecule has 1 spiro atoms. The Hall–Kier alpha value is -2.85. The fourth-order valence-corrected chi connectivity index (χ4v) is 6.71. The van der Waals surface area contributed by atoms with Crippen molar-refractivity contribution in [3.63, 3.8) is 0 Å². The van der Waals surface area contributed by atoms with Gasteiger partial charge in [0, 0.05) is 25.2 Å². The lowest BCUT2D eigenvalue weighted by Crippen LogP contribution is -2.45. The van der Waals surface area contributed by atoms with E-state index in [1.54, 1.807) is 0 Å². The standard InChI is InChI=1S/C30H35N3O.C2H6/c34-25-8-10-27-23(20-25)6-9-26(22-4-2-1-3-5-22)29(27)24-7-11-28(32-21-24)33-18-14-30(15-19-33)12-16-31-17-13-30;1-2/h1-5,7-8,10-11,20-21,26,29,31,34H,6,9,12-19H2;1-2H3. The maximum absolute atomic E-state index is 10.1. The van der Waals surface area contributed by atoms with Crippen LogP contribution in [-0.4, -0.2) is 36.3 Å². The molecule has 0 saturated carbocycles. The monoisotopic (exact) mass is 483 g/mol. The van der Waals surface area contributed by atoms with Crippen LogP contribution in [0.4, 0.5) is 5.82 Å². The van der Waals surface area contributed by atoms with Gasteiger partial charge in [0.15, 0.2) is 0 Å². The minimum Gasteiger partial charge on any atom is -0.508 e. The molecule has 190 valence electrons. The van der Waals surface area contributed by atoms with Crippen LogP contribution < -0.4 is 10.2 Å². The van der Waals surface area contributed by atoms with Crippen molar-refractivity contribution in [2.24, 2.45) is 5.41 Å². The van der Waals surface area contributed by atoms with Gasteiger partial charge in [-0.1, -0.05) is 56.3 Å². The summed E-state index contributed by atoms with van der Waals surface area (Å²) in [5.74, 6) is 2.15. The number of phenols is 1. The summed E-state index contributed by atoms with van der Waals surface area (Å²) in [7, 11) is 0. The third kappa shape index (κ3) is 5.01. The number of aromatic nitrogens is 1. The van der Waals surface area contributed by atoms with E-state index in [4.69, 9.17) is 4.98 Å². The van der Waals surface area contributed by atoms with Crippen LogP contribution >= 0.6 is 0 Å². The molecule has 0 amide bonds. The van der Waals surface area contributed by atoms with Gasteiger partial charge < -0.3 is 15.3 Å². The number of benzene rings is 2. The van der Waals surface area contributed by atoms with Crippen molar-refractivity contribution in [3.8, 4) is 5.75 Å². The normalized spacial score (nSPS) is 22.9. The van der Waals surface area contributed by atoms with Crippen LogP contribution in [0.25, 0.3) is 0 Å². The molecule has 6 rings (SSSR count). The van der Waals surface area contributed by atoms with Gasteiger partial charge in [-0.2, -0.15) is 0 Å². The Bertz CT molecular complexity index is 1110. The number of fused-ring (bicyclic) bond motifs is 1. The Labute approximate surface area is 216 Å². The number of piperidine rings is 2. The van der Waals surface area contributed by atoms with E-state index in [9.17, 15) is 5.11 Å². The number of nitrogens with one attached hydrogen (secondary N) is 1. The van der Waals surface area contributed by atoms with Gasteiger partial charge in [-0.05, 0) is 103 Å². The van der Waals surface area contributed by atoms with Crippen LogP contribution in [0.1, 0.15) is 80.0 Å². The Balaban J connectivity index is 0.00000130. The number of rotatable bonds is 3. The molecule has 0 radical (unpaired) electrons. The molecule has 2 aliphatic heterocycles. The first-order valence-electron chi connectivity index (χ1n) is 14.0. The Morgan fingerprint density at radius 3 is 2.33 bits per heavy atom. The Kier molecular flexibility index (Phi) is 7.62. The summed E-state index contributed by atoms with van der Waals surface area (Å²) >= 11 is 0. The number of anilines is 1. The predicted molar refractivity (Wildman–Crippen MR) is 149 cm³/mol. The van der Waals surface area contributed by atoms with Crippen LogP contribution in [0.15, 0.2) is 66.9 Å². The maximum atomic E-state index is 10.1. The zero-order chi connectivity index (χ0) is 25.0. The highest BCUT2D eigenvalue weighted by Crippen LogP contribution is 2.47. The van der Waals surface area contributed by atoms with Crippen molar-refractivity contribution >= 4 is 5.82 Å². The van der Waals surface area contributed by atoms with Crippen molar-refractivity contribution in [1.82, 2.24) is 10.3 Å². The zero-order valence-electron chi connectivity index (χ0n) is 21.9. The molecule has 3 aliphatic rings. The van der Waals surface area contributed by atoms with E-state index in [1.165, 1.54) is 61.0 Å². The van der Waals surface area contributed by atoms with Crippen molar-refractivity contribution in [1.29, 1.82) is 0 Å². The van der Waals surface area contributed by atoms with Crippen LogP contribution in [0.2, 0.25) is 0 Å². The van der Waals surface area contributed by atoms with E-state index in [-0.39, 0.29) is 5.92 Å². The van der Waals surface area contributed by atoms with E-state index in [2.05, 4.69) is 64.9 Å². The highest BCUT2D eigenvalue weighted by molar-refractivity contribution is 5.49. The summed E-state index contributed by atoms with van der Waals surface area (Å²) in [5, 5.41) is 13.6. The predicted octanol–water partition coefficient (Wildman–Crippen LogP) is 6.65. The molecule has 2 aromatic carbocycles. The molecule has 4 heteroatoms. The molecule has 1 aromatic heterocycles. The second kappa shape index (κ2) is 11.0. The quantitative estimate of drug-likeness (QED) is 0.438. The number of phenolic OH excluding ortho intramolecular Hbond substituents is 1. The fraction of sp³-hybridized carbons (Fsp3) is 0.469. The first kappa shape index (κ1) is 24.8. The van der Waals surface area contributed by atoms with Crippen molar-refractivity contribution in [3.05, 3.63) is 89.1 Å². The van der Waals surface area contributed by atoms with E-state index >= 15 is 0 Å². The molecule has 3 heterocycles. The molecule has 2 saturated heterocycles. The molecular weight excluding hydrogens is 442 g/mol. The number of aromatic hydroxyl groups is 1. The van der Waals surface area contributed by atoms with Gasteiger partial charge in [-0.25, -0.2) is 4.98 Å². The first-order valence-corrected chi connectivity index (χ1v) is 14.0.